The molecule has 0 fully saturated rings. The molecule has 0 aliphatic carbocycles. The second kappa shape index (κ2) is 4.51. The van der Waals surface area contributed by atoms with E-state index in [1.54, 1.807) is 6.92 Å². The second-order valence-electron chi connectivity index (χ2n) is 2.47. The first-order valence-corrected chi connectivity index (χ1v) is 3.49. The van der Waals surface area contributed by atoms with Crippen LogP contribution in [-0.4, -0.2) is 16.6 Å². The van der Waals surface area contributed by atoms with Crippen molar-refractivity contribution in [1.29, 1.82) is 0 Å². The SMILES string of the molecule is CC(C(=O)O)c1ccccc1.O. The molecule has 1 aromatic rings. The highest BCUT2D eigenvalue weighted by molar-refractivity contribution is 5.75. The van der Waals surface area contributed by atoms with E-state index in [2.05, 4.69) is 0 Å². The predicted octanol–water partition coefficient (Wildman–Crippen LogP) is 1.05. The zero-order valence-corrected chi connectivity index (χ0v) is 6.82. The summed E-state index contributed by atoms with van der Waals surface area (Å²) in [7, 11) is 0. The molecular formula is C9H12O3. The van der Waals surface area contributed by atoms with E-state index in [1.807, 2.05) is 30.3 Å². The molecule has 66 valence electrons. The molecule has 3 N–H and O–H groups in total. The summed E-state index contributed by atoms with van der Waals surface area (Å²) in [6.45, 7) is 1.68. The molecule has 1 unspecified atom stereocenters. The molecule has 0 bridgehead atoms. The third-order valence-corrected chi connectivity index (χ3v) is 1.67. The first-order valence-electron chi connectivity index (χ1n) is 3.49. The third-order valence-electron chi connectivity index (χ3n) is 1.67. The fourth-order valence-corrected chi connectivity index (χ4v) is 0.884. The van der Waals surface area contributed by atoms with E-state index in [-0.39, 0.29) is 5.48 Å². The minimum absolute atomic E-state index is 0. The maximum absolute atomic E-state index is 10.5. The number of aliphatic carboxylic acids is 1. The van der Waals surface area contributed by atoms with Crippen LogP contribution in [0.25, 0.3) is 0 Å². The summed E-state index contributed by atoms with van der Waals surface area (Å²) in [5.74, 6) is -1.19. The van der Waals surface area contributed by atoms with Gasteiger partial charge in [-0.1, -0.05) is 30.3 Å². The van der Waals surface area contributed by atoms with Crippen molar-refractivity contribution in [3.05, 3.63) is 35.9 Å². The van der Waals surface area contributed by atoms with E-state index in [1.165, 1.54) is 0 Å². The third kappa shape index (κ3) is 2.36. The van der Waals surface area contributed by atoms with Crippen molar-refractivity contribution in [1.82, 2.24) is 0 Å². The van der Waals surface area contributed by atoms with Gasteiger partial charge in [-0.25, -0.2) is 0 Å². The van der Waals surface area contributed by atoms with Crippen LogP contribution in [0.1, 0.15) is 18.4 Å². The van der Waals surface area contributed by atoms with Crippen LogP contribution in [0.4, 0.5) is 0 Å². The maximum Gasteiger partial charge on any atom is 0.310 e. The van der Waals surface area contributed by atoms with Crippen molar-refractivity contribution < 1.29 is 15.4 Å². The summed E-state index contributed by atoms with van der Waals surface area (Å²) in [5.41, 5.74) is 0.847. The Balaban J connectivity index is 0.00000121. The van der Waals surface area contributed by atoms with Gasteiger partial charge in [-0.15, -0.1) is 0 Å². The Morgan fingerprint density at radius 3 is 2.25 bits per heavy atom. The van der Waals surface area contributed by atoms with E-state index in [0.717, 1.165) is 5.56 Å². The summed E-state index contributed by atoms with van der Waals surface area (Å²) < 4.78 is 0. The highest BCUT2D eigenvalue weighted by Crippen LogP contribution is 2.13. The van der Waals surface area contributed by atoms with Crippen LogP contribution in [0.15, 0.2) is 30.3 Å². The zero-order valence-electron chi connectivity index (χ0n) is 6.82. The van der Waals surface area contributed by atoms with Gasteiger partial charge in [-0.3, -0.25) is 4.79 Å². The van der Waals surface area contributed by atoms with E-state index in [9.17, 15) is 4.79 Å². The summed E-state index contributed by atoms with van der Waals surface area (Å²) in [6, 6.07) is 9.19. The van der Waals surface area contributed by atoms with Crippen LogP contribution in [-0.2, 0) is 4.79 Å². The molecule has 12 heavy (non-hydrogen) atoms. The number of benzene rings is 1. The number of hydrogen-bond donors (Lipinski definition) is 1. The normalized spacial score (nSPS) is 11.4. The maximum atomic E-state index is 10.5. The number of carboxylic acids is 1. The highest BCUT2D eigenvalue weighted by atomic mass is 16.4. The molecule has 0 aliphatic rings. The molecule has 0 heterocycles. The summed E-state index contributed by atoms with van der Waals surface area (Å²) >= 11 is 0. The Hall–Kier alpha value is -1.35. The van der Waals surface area contributed by atoms with Crippen molar-refractivity contribution in [3.63, 3.8) is 0 Å². The number of carbonyl (C=O) groups is 1. The van der Waals surface area contributed by atoms with Gasteiger partial charge in [0.25, 0.3) is 0 Å². The number of carboxylic acid groups (broad SMARTS) is 1. The topological polar surface area (TPSA) is 68.8 Å². The molecule has 0 aromatic heterocycles. The molecule has 0 saturated carbocycles. The Morgan fingerprint density at radius 1 is 1.33 bits per heavy atom. The van der Waals surface area contributed by atoms with Crippen molar-refractivity contribution in [3.8, 4) is 0 Å². The van der Waals surface area contributed by atoms with Gasteiger partial charge in [-0.05, 0) is 12.5 Å². The van der Waals surface area contributed by atoms with Crippen LogP contribution >= 0.6 is 0 Å². The lowest BCUT2D eigenvalue weighted by Gasteiger charge is -2.04. The monoisotopic (exact) mass is 168 g/mol. The average Bonchev–Trinajstić information content (AvgIpc) is 2.05. The summed E-state index contributed by atoms with van der Waals surface area (Å²) in [4.78, 5) is 10.5. The Morgan fingerprint density at radius 2 is 1.83 bits per heavy atom. The van der Waals surface area contributed by atoms with Crippen LogP contribution in [0.2, 0.25) is 0 Å². The Bertz CT molecular complexity index is 243. The quantitative estimate of drug-likeness (QED) is 0.717. The zero-order chi connectivity index (χ0) is 8.27. The van der Waals surface area contributed by atoms with Crippen LogP contribution < -0.4 is 0 Å². The van der Waals surface area contributed by atoms with Gasteiger partial charge in [0.2, 0.25) is 0 Å². The number of rotatable bonds is 2. The van der Waals surface area contributed by atoms with Gasteiger partial charge in [0.05, 0.1) is 5.92 Å². The van der Waals surface area contributed by atoms with Crippen molar-refractivity contribution in [2.45, 2.75) is 12.8 Å². The molecule has 3 nitrogen and oxygen atoms in total. The smallest absolute Gasteiger partial charge is 0.310 e. The first-order chi connectivity index (χ1) is 5.22. The standard InChI is InChI=1S/C9H10O2.H2O/c1-7(9(10)11)8-5-3-2-4-6-8;/h2-7H,1H3,(H,10,11);1H2. The van der Waals surface area contributed by atoms with Gasteiger partial charge >= 0.3 is 5.97 Å². The fourth-order valence-electron chi connectivity index (χ4n) is 0.884. The lowest BCUT2D eigenvalue weighted by atomic mass is 10.0. The summed E-state index contributed by atoms with van der Waals surface area (Å²) in [5, 5.41) is 8.64. The van der Waals surface area contributed by atoms with Gasteiger partial charge in [0, 0.05) is 0 Å². The average molecular weight is 168 g/mol. The van der Waals surface area contributed by atoms with Crippen molar-refractivity contribution >= 4 is 5.97 Å². The Labute approximate surface area is 71.0 Å². The minimum Gasteiger partial charge on any atom is -0.481 e. The lowest BCUT2D eigenvalue weighted by molar-refractivity contribution is -0.138. The molecule has 0 radical (unpaired) electrons. The van der Waals surface area contributed by atoms with Crippen LogP contribution in [0.3, 0.4) is 0 Å². The summed E-state index contributed by atoms with van der Waals surface area (Å²) in [6.07, 6.45) is 0. The van der Waals surface area contributed by atoms with Crippen LogP contribution in [0, 0.1) is 0 Å². The first kappa shape index (κ1) is 10.7. The lowest BCUT2D eigenvalue weighted by Crippen LogP contribution is -2.06. The molecule has 1 rings (SSSR count). The molecule has 0 saturated heterocycles. The largest absolute Gasteiger partial charge is 0.481 e. The predicted molar refractivity (Wildman–Crippen MR) is 46.1 cm³/mol. The second-order valence-corrected chi connectivity index (χ2v) is 2.47. The van der Waals surface area contributed by atoms with E-state index in [0.29, 0.717) is 0 Å². The Kier molecular flexibility index (Phi) is 4.00. The molecule has 1 aromatic carbocycles. The molecular weight excluding hydrogens is 156 g/mol. The molecule has 0 amide bonds. The van der Waals surface area contributed by atoms with E-state index < -0.39 is 11.9 Å². The van der Waals surface area contributed by atoms with Gasteiger partial charge < -0.3 is 10.6 Å². The van der Waals surface area contributed by atoms with Gasteiger partial charge in [0.15, 0.2) is 0 Å². The molecule has 0 spiro atoms. The van der Waals surface area contributed by atoms with Crippen molar-refractivity contribution in [2.24, 2.45) is 0 Å². The van der Waals surface area contributed by atoms with Crippen LogP contribution in [0.5, 0.6) is 0 Å². The minimum atomic E-state index is -0.781. The molecule has 3 heteroatoms. The fraction of sp³-hybridized carbons (Fsp3) is 0.222. The van der Waals surface area contributed by atoms with E-state index >= 15 is 0 Å². The number of hydrogen-bond acceptors (Lipinski definition) is 1. The highest BCUT2D eigenvalue weighted by Gasteiger charge is 2.11. The molecule has 0 aliphatic heterocycles. The van der Waals surface area contributed by atoms with Gasteiger partial charge in [0.1, 0.15) is 0 Å². The van der Waals surface area contributed by atoms with Gasteiger partial charge in [-0.2, -0.15) is 0 Å². The van der Waals surface area contributed by atoms with Crippen molar-refractivity contribution in [2.75, 3.05) is 0 Å². The van der Waals surface area contributed by atoms with E-state index in [4.69, 9.17) is 5.11 Å². The molecule has 1 atom stereocenters.